The Morgan fingerprint density at radius 3 is 2.31 bits per heavy atom. The van der Waals surface area contributed by atoms with Gasteiger partial charge < -0.3 is 14.2 Å². The van der Waals surface area contributed by atoms with Crippen molar-refractivity contribution in [3.63, 3.8) is 0 Å². The second kappa shape index (κ2) is 7.57. The molecular formula is C24H31ClO7. The molecule has 0 saturated heterocycles. The molecule has 32 heavy (non-hydrogen) atoms. The summed E-state index contributed by atoms with van der Waals surface area (Å²) in [7, 11) is 0. The topological polar surface area (TPSA) is 96.0 Å². The van der Waals surface area contributed by atoms with Gasteiger partial charge in [0, 0.05) is 36.7 Å². The number of Topliss-reactive ketones (excluding diaryl/α,β-unsaturated/α-hetero) is 1. The van der Waals surface area contributed by atoms with Gasteiger partial charge in [-0.05, 0) is 50.0 Å². The number of carbonyl (C=O) groups excluding carboxylic acids is 4. The Kier molecular flexibility index (Phi) is 5.51. The zero-order chi connectivity index (χ0) is 23.6. The number of hydrogen-bond donors (Lipinski definition) is 0. The van der Waals surface area contributed by atoms with E-state index in [1.165, 1.54) is 26.8 Å². The van der Waals surface area contributed by atoms with Crippen LogP contribution in [-0.4, -0.2) is 47.4 Å². The molecule has 0 bridgehead atoms. The van der Waals surface area contributed by atoms with Gasteiger partial charge in [-0.1, -0.05) is 13.8 Å². The molecule has 7 nitrogen and oxygen atoms in total. The molecule has 0 aromatic heterocycles. The van der Waals surface area contributed by atoms with Crippen molar-refractivity contribution < 1.29 is 33.4 Å². The van der Waals surface area contributed by atoms with E-state index in [0.29, 0.717) is 25.7 Å². The zero-order valence-corrected chi connectivity index (χ0v) is 20.0. The minimum atomic E-state index is -1.20. The number of hydrogen-bond acceptors (Lipinski definition) is 7. The van der Waals surface area contributed by atoms with Gasteiger partial charge in [-0.15, -0.1) is 11.6 Å². The van der Waals surface area contributed by atoms with Crippen LogP contribution < -0.4 is 0 Å². The summed E-state index contributed by atoms with van der Waals surface area (Å²) < 4.78 is 17.0. The van der Waals surface area contributed by atoms with E-state index in [0.717, 1.165) is 5.57 Å². The highest BCUT2D eigenvalue weighted by atomic mass is 35.5. The van der Waals surface area contributed by atoms with Crippen molar-refractivity contribution in [1.82, 2.24) is 0 Å². The molecule has 176 valence electrons. The van der Waals surface area contributed by atoms with Crippen LogP contribution in [0, 0.1) is 28.6 Å². The summed E-state index contributed by atoms with van der Waals surface area (Å²) in [6, 6.07) is 0. The van der Waals surface area contributed by atoms with Crippen LogP contribution in [0.4, 0.5) is 0 Å². The van der Waals surface area contributed by atoms with Gasteiger partial charge in [0.25, 0.3) is 0 Å². The van der Waals surface area contributed by atoms with Crippen LogP contribution in [-0.2, 0) is 33.4 Å². The average Bonchev–Trinajstić information content (AvgIpc) is 2.99. The van der Waals surface area contributed by atoms with E-state index in [4.69, 9.17) is 25.8 Å². The largest absolute Gasteiger partial charge is 0.462 e. The van der Waals surface area contributed by atoms with Gasteiger partial charge in [-0.3, -0.25) is 14.4 Å². The van der Waals surface area contributed by atoms with Gasteiger partial charge in [0.2, 0.25) is 0 Å². The Bertz CT molecular complexity index is 912. The molecule has 3 saturated carbocycles. The fraction of sp³-hybridized carbons (Fsp3) is 0.750. The summed E-state index contributed by atoms with van der Waals surface area (Å²) >= 11 is 6.92. The Morgan fingerprint density at radius 2 is 1.72 bits per heavy atom. The highest BCUT2D eigenvalue weighted by molar-refractivity contribution is 6.23. The van der Waals surface area contributed by atoms with Gasteiger partial charge in [0.15, 0.2) is 11.4 Å². The lowest BCUT2D eigenvalue weighted by Gasteiger charge is -2.61. The number of esters is 3. The van der Waals surface area contributed by atoms with E-state index in [1.807, 2.05) is 6.92 Å². The van der Waals surface area contributed by atoms with Gasteiger partial charge in [0.1, 0.15) is 12.7 Å². The molecule has 0 amide bonds. The van der Waals surface area contributed by atoms with E-state index < -0.39 is 45.8 Å². The summed E-state index contributed by atoms with van der Waals surface area (Å²) in [6.07, 6.45) is 3.27. The monoisotopic (exact) mass is 466 g/mol. The van der Waals surface area contributed by atoms with Crippen molar-refractivity contribution in [2.24, 2.45) is 28.6 Å². The van der Waals surface area contributed by atoms with Crippen LogP contribution in [0.3, 0.4) is 0 Å². The first-order chi connectivity index (χ1) is 14.9. The minimum absolute atomic E-state index is 0.0411. The Balaban J connectivity index is 1.83. The smallest absolute Gasteiger partial charge is 0.330 e. The van der Waals surface area contributed by atoms with Crippen LogP contribution in [0.1, 0.15) is 60.3 Å². The summed E-state index contributed by atoms with van der Waals surface area (Å²) in [6.45, 7) is 8.47. The van der Waals surface area contributed by atoms with Crippen LogP contribution in [0.5, 0.6) is 0 Å². The summed E-state index contributed by atoms with van der Waals surface area (Å²) in [5.74, 6) is -1.67. The summed E-state index contributed by atoms with van der Waals surface area (Å²) in [4.78, 5) is 49.1. The number of cyclic esters (lactones) is 1. The lowest BCUT2D eigenvalue weighted by Crippen LogP contribution is -2.64. The number of carbonyl (C=O) groups is 4. The molecule has 3 fully saturated rings. The normalized spacial score (nSPS) is 44.9. The van der Waals surface area contributed by atoms with Crippen molar-refractivity contribution in [3.8, 4) is 0 Å². The molecule has 0 radical (unpaired) electrons. The predicted octanol–water partition coefficient (Wildman–Crippen LogP) is 3.36. The fourth-order valence-electron chi connectivity index (χ4n) is 7.51. The third kappa shape index (κ3) is 3.06. The fourth-order valence-corrected chi connectivity index (χ4v) is 8.05. The maximum atomic E-state index is 12.9. The van der Waals surface area contributed by atoms with Crippen molar-refractivity contribution in [3.05, 3.63) is 11.6 Å². The molecule has 3 aliphatic carbocycles. The molecular weight excluding hydrogens is 436 g/mol. The molecule has 0 aromatic carbocycles. The van der Waals surface area contributed by atoms with Crippen LogP contribution >= 0.6 is 11.6 Å². The lowest BCUT2D eigenvalue weighted by molar-refractivity contribution is -0.197. The molecule has 8 atom stereocenters. The molecule has 8 heteroatoms. The molecule has 4 rings (SSSR count). The van der Waals surface area contributed by atoms with Crippen LogP contribution in [0.15, 0.2) is 11.6 Å². The molecule has 1 heterocycles. The third-order valence-corrected chi connectivity index (χ3v) is 9.35. The summed E-state index contributed by atoms with van der Waals surface area (Å²) in [5, 5.41) is -0.679. The quantitative estimate of drug-likeness (QED) is 0.357. The first-order valence-electron chi connectivity index (χ1n) is 11.3. The third-order valence-electron chi connectivity index (χ3n) is 8.87. The second-order valence-electron chi connectivity index (χ2n) is 10.4. The van der Waals surface area contributed by atoms with E-state index in [9.17, 15) is 19.2 Å². The van der Waals surface area contributed by atoms with Crippen molar-refractivity contribution in [2.45, 2.75) is 77.4 Å². The van der Waals surface area contributed by atoms with Gasteiger partial charge in [-0.25, -0.2) is 4.79 Å². The van der Waals surface area contributed by atoms with E-state index in [-0.39, 0.29) is 30.1 Å². The van der Waals surface area contributed by atoms with Crippen molar-refractivity contribution in [1.29, 1.82) is 0 Å². The van der Waals surface area contributed by atoms with Crippen LogP contribution in [0.25, 0.3) is 0 Å². The van der Waals surface area contributed by atoms with E-state index >= 15 is 0 Å². The van der Waals surface area contributed by atoms with E-state index in [1.54, 1.807) is 0 Å². The Hall–Kier alpha value is -1.89. The maximum absolute atomic E-state index is 12.9. The van der Waals surface area contributed by atoms with Crippen molar-refractivity contribution in [2.75, 3.05) is 6.61 Å². The highest BCUT2D eigenvalue weighted by Gasteiger charge is 2.71. The number of fused-ring (bicyclic) bond motifs is 5. The second-order valence-corrected chi connectivity index (χ2v) is 10.8. The molecule has 0 N–H and O–H groups in total. The van der Waals surface area contributed by atoms with Crippen molar-refractivity contribution >= 4 is 35.3 Å². The molecule has 0 aromatic rings. The van der Waals surface area contributed by atoms with E-state index in [2.05, 4.69) is 6.92 Å². The average molecular weight is 467 g/mol. The number of ketones is 1. The van der Waals surface area contributed by atoms with Gasteiger partial charge >= 0.3 is 17.9 Å². The first kappa shape index (κ1) is 23.3. The lowest BCUT2D eigenvalue weighted by atomic mass is 9.46. The maximum Gasteiger partial charge on any atom is 0.330 e. The van der Waals surface area contributed by atoms with Crippen LogP contribution in [0.2, 0.25) is 0 Å². The number of rotatable bonds is 3. The van der Waals surface area contributed by atoms with Gasteiger partial charge in [0.05, 0.1) is 5.38 Å². The predicted molar refractivity (Wildman–Crippen MR) is 115 cm³/mol. The first-order valence-corrected chi connectivity index (χ1v) is 11.7. The minimum Gasteiger partial charge on any atom is -0.462 e. The molecule has 1 aliphatic heterocycles. The standard InChI is InChI=1S/C24H31ClO7/c1-12(26)24(32-14(3)28)9-7-16-19-15(6-8-23(16,24)5)22(4)11-30-18(29)10-17(22)20(25)21(19)31-13(2)27/h10,15-16,19-21H,6-9,11H2,1-5H3/t15-,16-,19+,20?,21?,22+,23-,24-/m0/s1. The Morgan fingerprint density at radius 1 is 1.06 bits per heavy atom. The SMILES string of the molecule is CC(=O)OC1C(Cl)C2=CC(=O)OC[C@]2(C)[C@H]2CC[C@@]3(C)[C@@H](CC[C@]3(OC(C)=O)C(C)=O)[C@H]12. The summed E-state index contributed by atoms with van der Waals surface area (Å²) in [5.41, 5.74) is -1.54. The number of alkyl halides is 1. The molecule has 0 spiro atoms. The zero-order valence-electron chi connectivity index (χ0n) is 19.2. The van der Waals surface area contributed by atoms with Gasteiger partial charge in [-0.2, -0.15) is 0 Å². The number of halogens is 1. The highest BCUT2D eigenvalue weighted by Crippen LogP contribution is 2.68. The molecule has 2 unspecified atom stereocenters. The number of ether oxygens (including phenoxy) is 3. The Labute approximate surface area is 193 Å². The molecule has 4 aliphatic rings.